The molecule has 1 heterocycles. The fourth-order valence-electron chi connectivity index (χ4n) is 2.95. The molecule has 1 aromatic heterocycles. The largest absolute Gasteiger partial charge is 0.305 e. The van der Waals surface area contributed by atoms with Crippen LogP contribution in [-0.2, 0) is 12.8 Å². The second-order valence-corrected chi connectivity index (χ2v) is 6.67. The Morgan fingerprint density at radius 1 is 1.30 bits per heavy atom. The number of rotatable bonds is 4. The minimum atomic E-state index is 0.246. The molecule has 3 rings (SSSR count). The van der Waals surface area contributed by atoms with Gasteiger partial charge in [0.05, 0.1) is 11.7 Å². The number of benzene rings is 1. The summed E-state index contributed by atoms with van der Waals surface area (Å²) in [4.78, 5) is 6.42. The van der Waals surface area contributed by atoms with Gasteiger partial charge in [0.2, 0.25) is 0 Å². The van der Waals surface area contributed by atoms with Crippen LogP contribution in [0.2, 0.25) is 0 Å². The summed E-state index contributed by atoms with van der Waals surface area (Å²) in [5.41, 5.74) is 5.46. The van der Waals surface area contributed by atoms with Gasteiger partial charge in [-0.1, -0.05) is 25.1 Å². The molecule has 20 heavy (non-hydrogen) atoms. The van der Waals surface area contributed by atoms with Gasteiger partial charge in [-0.2, -0.15) is 0 Å². The minimum absolute atomic E-state index is 0.246. The van der Waals surface area contributed by atoms with Gasteiger partial charge in [-0.3, -0.25) is 0 Å². The number of hydrogen-bond donors (Lipinski definition) is 1. The van der Waals surface area contributed by atoms with Gasteiger partial charge in [0.15, 0.2) is 0 Å². The molecule has 1 aliphatic rings. The van der Waals surface area contributed by atoms with E-state index < -0.39 is 0 Å². The predicted octanol–water partition coefficient (Wildman–Crippen LogP) is 3.95. The molecule has 0 saturated carbocycles. The number of nitrogens with zero attached hydrogens (tertiary/aromatic N) is 1. The van der Waals surface area contributed by atoms with E-state index in [4.69, 9.17) is 4.98 Å². The van der Waals surface area contributed by atoms with E-state index in [9.17, 15) is 0 Å². The van der Waals surface area contributed by atoms with Crippen molar-refractivity contribution in [3.63, 3.8) is 0 Å². The molecule has 1 N–H and O–H groups in total. The van der Waals surface area contributed by atoms with E-state index >= 15 is 0 Å². The fraction of sp³-hybridized carbons (Fsp3) is 0.471. The molecule has 0 spiro atoms. The average molecular weight is 286 g/mol. The van der Waals surface area contributed by atoms with Crippen LogP contribution in [0.5, 0.6) is 0 Å². The predicted molar refractivity (Wildman–Crippen MR) is 85.6 cm³/mol. The van der Waals surface area contributed by atoms with Crippen LogP contribution in [0.15, 0.2) is 18.2 Å². The summed E-state index contributed by atoms with van der Waals surface area (Å²) in [5.74, 6) is 0. The highest BCUT2D eigenvalue weighted by Gasteiger charge is 2.23. The van der Waals surface area contributed by atoms with E-state index in [0.29, 0.717) is 0 Å². The number of hydrogen-bond acceptors (Lipinski definition) is 3. The molecule has 2 nitrogen and oxygen atoms in total. The number of nitrogens with one attached hydrogen (secondary N) is 1. The highest BCUT2D eigenvalue weighted by atomic mass is 32.1. The summed E-state index contributed by atoms with van der Waals surface area (Å²) >= 11 is 1.91. The highest BCUT2D eigenvalue weighted by Crippen LogP contribution is 2.34. The highest BCUT2D eigenvalue weighted by molar-refractivity contribution is 7.11. The minimum Gasteiger partial charge on any atom is -0.305 e. The van der Waals surface area contributed by atoms with Gasteiger partial charge in [0.1, 0.15) is 5.01 Å². The van der Waals surface area contributed by atoms with Crippen LogP contribution in [0.3, 0.4) is 0 Å². The van der Waals surface area contributed by atoms with Crippen molar-refractivity contribution in [2.24, 2.45) is 0 Å². The first-order valence-corrected chi connectivity index (χ1v) is 8.30. The Bertz CT molecular complexity index is 594. The molecule has 1 atom stereocenters. The summed E-state index contributed by atoms with van der Waals surface area (Å²) in [7, 11) is 0. The number of thiazole rings is 1. The molecule has 106 valence electrons. The molecule has 0 bridgehead atoms. The monoisotopic (exact) mass is 286 g/mol. The standard InChI is InChI=1S/C17H22N2S/c1-4-18-16(13-8-5-7-11(2)12(13)3)17-19-14-9-6-10-15(14)20-17/h5,7-8,16,18H,4,6,9-10H2,1-3H3. The first-order valence-electron chi connectivity index (χ1n) is 7.48. The third-order valence-electron chi connectivity index (χ3n) is 4.22. The van der Waals surface area contributed by atoms with Crippen molar-refractivity contribution in [1.82, 2.24) is 10.3 Å². The normalized spacial score (nSPS) is 15.3. The maximum Gasteiger partial charge on any atom is 0.115 e. The molecule has 0 amide bonds. The summed E-state index contributed by atoms with van der Waals surface area (Å²) in [6.45, 7) is 7.53. The fourth-order valence-corrected chi connectivity index (χ4v) is 4.20. The van der Waals surface area contributed by atoms with Crippen LogP contribution >= 0.6 is 11.3 Å². The Morgan fingerprint density at radius 3 is 2.90 bits per heavy atom. The Balaban J connectivity index is 2.01. The molecule has 0 aliphatic heterocycles. The molecule has 0 saturated heterocycles. The maximum absolute atomic E-state index is 4.91. The van der Waals surface area contributed by atoms with Gasteiger partial charge in [-0.25, -0.2) is 4.98 Å². The second-order valence-electron chi connectivity index (χ2n) is 5.56. The topological polar surface area (TPSA) is 24.9 Å². The molecule has 1 aromatic carbocycles. The van der Waals surface area contributed by atoms with Gasteiger partial charge in [0, 0.05) is 4.88 Å². The summed E-state index contributed by atoms with van der Waals surface area (Å²) < 4.78 is 0. The van der Waals surface area contributed by atoms with Crippen molar-refractivity contribution in [3.8, 4) is 0 Å². The quantitative estimate of drug-likeness (QED) is 0.920. The zero-order chi connectivity index (χ0) is 14.1. The first-order chi connectivity index (χ1) is 9.70. The Morgan fingerprint density at radius 2 is 2.15 bits per heavy atom. The zero-order valence-corrected chi connectivity index (χ0v) is 13.3. The Kier molecular flexibility index (Phi) is 3.90. The maximum atomic E-state index is 4.91. The van der Waals surface area contributed by atoms with Crippen molar-refractivity contribution in [1.29, 1.82) is 0 Å². The van der Waals surface area contributed by atoms with Crippen LogP contribution in [-0.4, -0.2) is 11.5 Å². The zero-order valence-electron chi connectivity index (χ0n) is 12.5. The van der Waals surface area contributed by atoms with Crippen molar-refractivity contribution in [2.75, 3.05) is 6.54 Å². The van der Waals surface area contributed by atoms with Crippen LogP contribution in [0, 0.1) is 13.8 Å². The number of fused-ring (bicyclic) bond motifs is 1. The van der Waals surface area contributed by atoms with Crippen LogP contribution in [0.25, 0.3) is 0 Å². The Labute approximate surface area is 125 Å². The third-order valence-corrected chi connectivity index (χ3v) is 5.45. The molecule has 0 radical (unpaired) electrons. The average Bonchev–Trinajstić information content (AvgIpc) is 3.00. The van der Waals surface area contributed by atoms with E-state index in [0.717, 1.165) is 13.0 Å². The summed E-state index contributed by atoms with van der Waals surface area (Å²) in [6, 6.07) is 6.82. The van der Waals surface area contributed by atoms with Crippen molar-refractivity contribution in [2.45, 2.75) is 46.1 Å². The van der Waals surface area contributed by atoms with E-state index in [-0.39, 0.29) is 6.04 Å². The number of aromatic nitrogens is 1. The second kappa shape index (κ2) is 5.66. The van der Waals surface area contributed by atoms with Gasteiger partial charge < -0.3 is 5.32 Å². The van der Waals surface area contributed by atoms with E-state index in [1.807, 2.05) is 11.3 Å². The molecule has 1 unspecified atom stereocenters. The molecule has 0 fully saturated rings. The smallest absolute Gasteiger partial charge is 0.115 e. The van der Waals surface area contributed by atoms with E-state index in [2.05, 4.69) is 44.3 Å². The Hall–Kier alpha value is -1.19. The van der Waals surface area contributed by atoms with Gasteiger partial charge >= 0.3 is 0 Å². The lowest BCUT2D eigenvalue weighted by atomic mass is 9.97. The molecule has 3 heteroatoms. The van der Waals surface area contributed by atoms with Crippen LogP contribution in [0.1, 0.15) is 51.7 Å². The number of aryl methyl sites for hydroxylation is 3. The third kappa shape index (κ3) is 2.40. The van der Waals surface area contributed by atoms with E-state index in [1.165, 1.54) is 45.1 Å². The van der Waals surface area contributed by atoms with Gasteiger partial charge in [-0.05, 0) is 56.3 Å². The first kappa shape index (κ1) is 13.8. The summed E-state index contributed by atoms with van der Waals surface area (Å²) in [6.07, 6.45) is 3.67. The molecule has 1 aliphatic carbocycles. The van der Waals surface area contributed by atoms with Crippen LogP contribution < -0.4 is 5.32 Å². The van der Waals surface area contributed by atoms with Crippen LogP contribution in [0.4, 0.5) is 0 Å². The van der Waals surface area contributed by atoms with Crippen molar-refractivity contribution < 1.29 is 0 Å². The lowest BCUT2D eigenvalue weighted by Crippen LogP contribution is -2.23. The van der Waals surface area contributed by atoms with Gasteiger partial charge in [0.25, 0.3) is 0 Å². The molecule has 2 aromatic rings. The lowest BCUT2D eigenvalue weighted by molar-refractivity contribution is 0.621. The SMILES string of the molecule is CCNC(c1nc2c(s1)CCC2)c1cccc(C)c1C. The molecular formula is C17H22N2S. The molecular weight excluding hydrogens is 264 g/mol. The van der Waals surface area contributed by atoms with Gasteiger partial charge in [-0.15, -0.1) is 11.3 Å². The lowest BCUT2D eigenvalue weighted by Gasteiger charge is -2.19. The van der Waals surface area contributed by atoms with Crippen molar-refractivity contribution in [3.05, 3.63) is 50.5 Å². The summed E-state index contributed by atoms with van der Waals surface area (Å²) in [5, 5.41) is 4.86. The van der Waals surface area contributed by atoms with Crippen molar-refractivity contribution >= 4 is 11.3 Å². The van der Waals surface area contributed by atoms with E-state index in [1.54, 1.807) is 0 Å².